The molecule has 0 aromatic carbocycles. The minimum atomic E-state index is -1.12. The van der Waals surface area contributed by atoms with Crippen molar-refractivity contribution in [1.29, 1.82) is 0 Å². The van der Waals surface area contributed by atoms with Gasteiger partial charge in [0.1, 0.15) is 5.92 Å². The van der Waals surface area contributed by atoms with Crippen LogP contribution in [0, 0.1) is 5.92 Å². The van der Waals surface area contributed by atoms with Crippen molar-refractivity contribution in [1.82, 2.24) is 14.9 Å². The number of nitrogens with one attached hydrogen (secondary N) is 1. The Kier molecular flexibility index (Phi) is 3.84. The SMILES string of the molecule is CC(C(=O)O)C(=O)NCCn1ccnc1. The lowest BCUT2D eigenvalue weighted by atomic mass is 10.2. The normalized spacial score (nSPS) is 12.1. The topological polar surface area (TPSA) is 84.2 Å². The minimum absolute atomic E-state index is 0.396. The van der Waals surface area contributed by atoms with E-state index in [0.29, 0.717) is 13.1 Å². The lowest BCUT2D eigenvalue weighted by Gasteiger charge is -2.08. The highest BCUT2D eigenvalue weighted by Crippen LogP contribution is 1.93. The summed E-state index contributed by atoms with van der Waals surface area (Å²) >= 11 is 0. The molecule has 1 amide bonds. The number of nitrogens with zero attached hydrogens (tertiary/aromatic N) is 2. The molecule has 0 spiro atoms. The molecular formula is C9H13N3O3. The number of carbonyl (C=O) groups is 2. The number of imidazole rings is 1. The quantitative estimate of drug-likeness (QED) is 0.656. The Morgan fingerprint density at radius 2 is 2.33 bits per heavy atom. The highest BCUT2D eigenvalue weighted by molar-refractivity contribution is 5.96. The Labute approximate surface area is 86.9 Å². The van der Waals surface area contributed by atoms with Gasteiger partial charge in [-0.2, -0.15) is 0 Å². The van der Waals surface area contributed by atoms with Crippen molar-refractivity contribution in [2.24, 2.45) is 5.92 Å². The Morgan fingerprint density at radius 3 is 2.87 bits per heavy atom. The fourth-order valence-electron chi connectivity index (χ4n) is 0.992. The molecule has 1 aromatic heterocycles. The molecule has 6 nitrogen and oxygen atoms in total. The van der Waals surface area contributed by atoms with Gasteiger partial charge >= 0.3 is 5.97 Å². The fraction of sp³-hybridized carbons (Fsp3) is 0.444. The fourth-order valence-corrected chi connectivity index (χ4v) is 0.992. The van der Waals surface area contributed by atoms with Gasteiger partial charge in [-0.3, -0.25) is 9.59 Å². The largest absolute Gasteiger partial charge is 0.481 e. The highest BCUT2D eigenvalue weighted by atomic mass is 16.4. The summed E-state index contributed by atoms with van der Waals surface area (Å²) in [6.45, 7) is 2.33. The first kappa shape index (κ1) is 11.2. The summed E-state index contributed by atoms with van der Waals surface area (Å²) in [5.74, 6) is -2.59. The van der Waals surface area contributed by atoms with Crippen LogP contribution in [0.3, 0.4) is 0 Å². The molecule has 0 aliphatic heterocycles. The van der Waals surface area contributed by atoms with E-state index in [9.17, 15) is 9.59 Å². The average molecular weight is 211 g/mol. The Morgan fingerprint density at radius 1 is 1.60 bits per heavy atom. The summed E-state index contributed by atoms with van der Waals surface area (Å²) in [7, 11) is 0. The molecule has 1 aromatic rings. The van der Waals surface area contributed by atoms with Crippen molar-refractivity contribution >= 4 is 11.9 Å². The monoisotopic (exact) mass is 211 g/mol. The third-order valence-corrected chi connectivity index (χ3v) is 1.99. The summed E-state index contributed by atoms with van der Waals surface area (Å²) in [5, 5.41) is 11.1. The first-order chi connectivity index (χ1) is 7.11. The van der Waals surface area contributed by atoms with Crippen LogP contribution in [0.15, 0.2) is 18.7 Å². The number of carbonyl (C=O) groups excluding carboxylic acids is 1. The van der Waals surface area contributed by atoms with Crippen molar-refractivity contribution in [3.8, 4) is 0 Å². The Balaban J connectivity index is 2.26. The third kappa shape index (κ3) is 3.41. The van der Waals surface area contributed by atoms with Crippen molar-refractivity contribution < 1.29 is 14.7 Å². The lowest BCUT2D eigenvalue weighted by Crippen LogP contribution is -2.35. The second-order valence-electron chi connectivity index (χ2n) is 3.15. The van der Waals surface area contributed by atoms with Gasteiger partial charge in [0.2, 0.25) is 5.91 Å². The van der Waals surface area contributed by atoms with E-state index in [2.05, 4.69) is 10.3 Å². The summed E-state index contributed by atoms with van der Waals surface area (Å²) in [6.07, 6.45) is 5.04. The maximum absolute atomic E-state index is 11.2. The molecule has 6 heteroatoms. The van der Waals surface area contributed by atoms with Crippen LogP contribution in [0.5, 0.6) is 0 Å². The predicted molar refractivity (Wildman–Crippen MR) is 52.0 cm³/mol. The summed E-state index contributed by atoms with van der Waals surface area (Å²) < 4.78 is 1.80. The highest BCUT2D eigenvalue weighted by Gasteiger charge is 2.19. The molecule has 0 radical (unpaired) electrons. The zero-order chi connectivity index (χ0) is 11.3. The van der Waals surface area contributed by atoms with Gasteiger partial charge in [0, 0.05) is 25.5 Å². The molecule has 0 saturated heterocycles. The molecule has 15 heavy (non-hydrogen) atoms. The summed E-state index contributed by atoms with van der Waals surface area (Å²) in [6, 6.07) is 0. The third-order valence-electron chi connectivity index (χ3n) is 1.99. The molecule has 1 atom stereocenters. The Hall–Kier alpha value is -1.85. The van der Waals surface area contributed by atoms with Crippen molar-refractivity contribution in [3.05, 3.63) is 18.7 Å². The first-order valence-corrected chi connectivity index (χ1v) is 4.57. The van der Waals surface area contributed by atoms with Gasteiger partial charge in [-0.1, -0.05) is 0 Å². The molecule has 1 heterocycles. The van der Waals surface area contributed by atoms with Crippen LogP contribution in [0.1, 0.15) is 6.92 Å². The molecule has 1 unspecified atom stereocenters. The van der Waals surface area contributed by atoms with Crippen LogP contribution in [0.25, 0.3) is 0 Å². The van der Waals surface area contributed by atoms with E-state index < -0.39 is 17.8 Å². The molecule has 1 rings (SSSR count). The van der Waals surface area contributed by atoms with Gasteiger partial charge < -0.3 is 15.0 Å². The van der Waals surface area contributed by atoms with Gasteiger partial charge in [0.15, 0.2) is 0 Å². The van der Waals surface area contributed by atoms with E-state index in [0.717, 1.165) is 0 Å². The summed E-state index contributed by atoms with van der Waals surface area (Å²) in [5.41, 5.74) is 0. The molecule has 82 valence electrons. The average Bonchev–Trinajstić information content (AvgIpc) is 2.69. The number of rotatable bonds is 5. The molecule has 0 fully saturated rings. The van der Waals surface area contributed by atoms with Crippen LogP contribution in [-0.4, -0.2) is 33.1 Å². The Bertz CT molecular complexity index is 334. The summed E-state index contributed by atoms with van der Waals surface area (Å²) in [4.78, 5) is 25.5. The maximum atomic E-state index is 11.2. The van der Waals surface area contributed by atoms with Crippen LogP contribution in [-0.2, 0) is 16.1 Å². The second kappa shape index (κ2) is 5.14. The van der Waals surface area contributed by atoms with Gasteiger partial charge in [-0.05, 0) is 6.92 Å². The molecule has 0 saturated carbocycles. The molecule has 0 aliphatic carbocycles. The standard InChI is InChI=1S/C9H13N3O3/c1-7(9(14)15)8(13)11-3-5-12-4-2-10-6-12/h2,4,6-7H,3,5H2,1H3,(H,11,13)(H,14,15). The molecule has 0 bridgehead atoms. The predicted octanol–water partition coefficient (Wildman–Crippen LogP) is -0.280. The van der Waals surface area contributed by atoms with E-state index in [4.69, 9.17) is 5.11 Å². The molecule has 2 N–H and O–H groups in total. The minimum Gasteiger partial charge on any atom is -0.481 e. The number of amides is 1. The van der Waals surface area contributed by atoms with Crippen molar-refractivity contribution in [3.63, 3.8) is 0 Å². The molecule has 0 aliphatic rings. The van der Waals surface area contributed by atoms with Crippen LogP contribution >= 0.6 is 0 Å². The van der Waals surface area contributed by atoms with E-state index >= 15 is 0 Å². The number of carboxylic acid groups (broad SMARTS) is 1. The number of carboxylic acids is 1. The lowest BCUT2D eigenvalue weighted by molar-refractivity contribution is -0.146. The zero-order valence-electron chi connectivity index (χ0n) is 8.38. The zero-order valence-corrected chi connectivity index (χ0v) is 8.38. The van der Waals surface area contributed by atoms with Crippen LogP contribution < -0.4 is 5.32 Å². The van der Waals surface area contributed by atoms with E-state index in [1.165, 1.54) is 6.92 Å². The van der Waals surface area contributed by atoms with Gasteiger partial charge in [-0.15, -0.1) is 0 Å². The number of hydrogen-bond donors (Lipinski definition) is 2. The first-order valence-electron chi connectivity index (χ1n) is 4.57. The van der Waals surface area contributed by atoms with Gasteiger partial charge in [0.05, 0.1) is 6.33 Å². The number of aliphatic carboxylic acids is 1. The second-order valence-corrected chi connectivity index (χ2v) is 3.15. The number of aromatic nitrogens is 2. The van der Waals surface area contributed by atoms with Crippen molar-refractivity contribution in [2.45, 2.75) is 13.5 Å². The van der Waals surface area contributed by atoms with Gasteiger partial charge in [0.25, 0.3) is 0 Å². The number of hydrogen-bond acceptors (Lipinski definition) is 3. The maximum Gasteiger partial charge on any atom is 0.315 e. The van der Waals surface area contributed by atoms with E-state index in [1.54, 1.807) is 23.3 Å². The molecular weight excluding hydrogens is 198 g/mol. The van der Waals surface area contributed by atoms with Crippen LogP contribution in [0.4, 0.5) is 0 Å². The van der Waals surface area contributed by atoms with E-state index in [1.807, 2.05) is 0 Å². The smallest absolute Gasteiger partial charge is 0.315 e. The van der Waals surface area contributed by atoms with Crippen molar-refractivity contribution in [2.75, 3.05) is 6.54 Å². The van der Waals surface area contributed by atoms with Gasteiger partial charge in [-0.25, -0.2) is 4.98 Å². The van der Waals surface area contributed by atoms with Crippen LogP contribution in [0.2, 0.25) is 0 Å². The van der Waals surface area contributed by atoms with E-state index in [-0.39, 0.29) is 0 Å².